The Morgan fingerprint density at radius 3 is 2.78 bits per heavy atom. The molecule has 0 atom stereocenters. The van der Waals surface area contributed by atoms with Crippen LogP contribution in [0.25, 0.3) is 0 Å². The first-order valence-electron chi connectivity index (χ1n) is 7.57. The minimum absolute atomic E-state index is 0.253. The predicted molar refractivity (Wildman–Crippen MR) is 94.6 cm³/mol. The first-order valence-corrected chi connectivity index (χ1v) is 9.80. The van der Waals surface area contributed by atoms with E-state index in [2.05, 4.69) is 15.9 Å². The Morgan fingerprint density at radius 1 is 1.22 bits per heavy atom. The molecule has 3 rings (SSSR count). The average molecular weight is 396 g/mol. The van der Waals surface area contributed by atoms with Crippen LogP contribution in [-0.4, -0.2) is 21.6 Å². The maximum Gasteiger partial charge on any atom is 0.264 e. The molecule has 2 aromatic rings. The normalized spacial score (nSPS) is 13.9. The van der Waals surface area contributed by atoms with E-state index in [0.717, 1.165) is 28.6 Å². The van der Waals surface area contributed by atoms with Crippen molar-refractivity contribution in [2.45, 2.75) is 24.7 Å². The third-order valence-electron chi connectivity index (χ3n) is 3.80. The van der Waals surface area contributed by atoms with Crippen LogP contribution in [0.2, 0.25) is 0 Å². The van der Waals surface area contributed by atoms with Crippen LogP contribution in [0, 0.1) is 0 Å². The van der Waals surface area contributed by atoms with Gasteiger partial charge in [-0.1, -0.05) is 25.1 Å². The first kappa shape index (κ1) is 16.3. The lowest BCUT2D eigenvalue weighted by Gasteiger charge is -2.20. The minimum Gasteiger partial charge on any atom is -0.492 e. The Balaban J connectivity index is 1.98. The molecular formula is C17H18BrNO3S. The number of anilines is 1. The van der Waals surface area contributed by atoms with Crippen LogP contribution in [0.4, 0.5) is 5.69 Å². The van der Waals surface area contributed by atoms with E-state index in [0.29, 0.717) is 18.9 Å². The van der Waals surface area contributed by atoms with Gasteiger partial charge in [0.25, 0.3) is 10.0 Å². The minimum atomic E-state index is -3.58. The topological polar surface area (TPSA) is 46.6 Å². The number of nitrogens with zero attached hydrogens (tertiary/aromatic N) is 1. The summed E-state index contributed by atoms with van der Waals surface area (Å²) in [6.07, 6.45) is 1.61. The van der Waals surface area contributed by atoms with Crippen molar-refractivity contribution < 1.29 is 13.2 Å². The molecule has 0 N–H and O–H groups in total. The number of halogens is 1. The number of hydrogen-bond donors (Lipinski definition) is 0. The number of para-hydroxylation sites is 1. The molecule has 0 spiro atoms. The molecule has 0 fully saturated rings. The van der Waals surface area contributed by atoms with Crippen molar-refractivity contribution in [1.82, 2.24) is 0 Å². The maximum atomic E-state index is 13.0. The van der Waals surface area contributed by atoms with Crippen molar-refractivity contribution in [3.8, 4) is 5.75 Å². The molecule has 0 saturated carbocycles. The van der Waals surface area contributed by atoms with E-state index >= 15 is 0 Å². The van der Waals surface area contributed by atoms with Gasteiger partial charge in [-0.15, -0.1) is 0 Å². The highest BCUT2D eigenvalue weighted by Gasteiger charge is 2.31. The van der Waals surface area contributed by atoms with E-state index < -0.39 is 10.0 Å². The van der Waals surface area contributed by atoms with E-state index in [1.807, 2.05) is 31.2 Å². The third-order valence-corrected chi connectivity index (χ3v) is 6.26. The van der Waals surface area contributed by atoms with E-state index in [9.17, 15) is 8.42 Å². The molecule has 0 aromatic heterocycles. The molecule has 0 bridgehead atoms. The number of sulfonamides is 1. The monoisotopic (exact) mass is 395 g/mol. The van der Waals surface area contributed by atoms with Crippen LogP contribution in [0.15, 0.2) is 51.8 Å². The lowest BCUT2D eigenvalue weighted by atomic mass is 10.2. The van der Waals surface area contributed by atoms with Gasteiger partial charge in [0.2, 0.25) is 0 Å². The molecule has 0 radical (unpaired) electrons. The Bertz CT molecular complexity index is 820. The SMILES string of the molecule is CCCOc1cc(S(=O)(=O)N2CCc3ccccc32)ccc1Br. The van der Waals surface area contributed by atoms with Gasteiger partial charge in [0.05, 0.1) is 21.7 Å². The van der Waals surface area contributed by atoms with Crippen LogP contribution in [-0.2, 0) is 16.4 Å². The summed E-state index contributed by atoms with van der Waals surface area (Å²) in [6.45, 7) is 3.03. The quantitative estimate of drug-likeness (QED) is 0.768. The Morgan fingerprint density at radius 2 is 2.00 bits per heavy atom. The van der Waals surface area contributed by atoms with Gasteiger partial charge >= 0.3 is 0 Å². The molecule has 0 unspecified atom stereocenters. The first-order chi connectivity index (χ1) is 11.0. The van der Waals surface area contributed by atoms with E-state index in [1.165, 1.54) is 4.31 Å². The number of ether oxygens (including phenoxy) is 1. The standard InChI is InChI=1S/C17H18BrNO3S/c1-2-11-22-17-12-14(7-8-15(17)18)23(20,21)19-10-9-13-5-3-4-6-16(13)19/h3-8,12H,2,9-11H2,1H3. The number of benzene rings is 2. The van der Waals surface area contributed by atoms with E-state index in [1.54, 1.807) is 18.2 Å². The molecule has 122 valence electrons. The molecule has 23 heavy (non-hydrogen) atoms. The molecule has 1 aliphatic rings. The summed E-state index contributed by atoms with van der Waals surface area (Å²) in [4.78, 5) is 0.253. The van der Waals surface area contributed by atoms with Gasteiger partial charge in [-0.05, 0) is 52.5 Å². The van der Waals surface area contributed by atoms with Crippen molar-refractivity contribution in [3.63, 3.8) is 0 Å². The van der Waals surface area contributed by atoms with E-state index in [-0.39, 0.29) is 4.90 Å². The van der Waals surface area contributed by atoms with Gasteiger partial charge in [-0.25, -0.2) is 8.42 Å². The summed E-state index contributed by atoms with van der Waals surface area (Å²) in [5.74, 6) is 0.556. The van der Waals surface area contributed by atoms with Crippen molar-refractivity contribution in [1.29, 1.82) is 0 Å². The van der Waals surface area contributed by atoms with Crippen molar-refractivity contribution >= 4 is 31.6 Å². The second-order valence-electron chi connectivity index (χ2n) is 5.40. The summed E-state index contributed by atoms with van der Waals surface area (Å²) in [6, 6.07) is 12.6. The van der Waals surface area contributed by atoms with E-state index in [4.69, 9.17) is 4.74 Å². The van der Waals surface area contributed by atoms with Crippen molar-refractivity contribution in [3.05, 3.63) is 52.5 Å². The zero-order valence-electron chi connectivity index (χ0n) is 12.8. The highest BCUT2D eigenvalue weighted by atomic mass is 79.9. The molecule has 0 saturated heterocycles. The zero-order chi connectivity index (χ0) is 16.4. The molecule has 6 heteroatoms. The fourth-order valence-corrected chi connectivity index (χ4v) is 4.53. The van der Waals surface area contributed by atoms with Crippen LogP contribution < -0.4 is 9.04 Å². The molecule has 0 aliphatic carbocycles. The summed E-state index contributed by atoms with van der Waals surface area (Å²) in [5.41, 5.74) is 1.84. The molecule has 1 heterocycles. The fraction of sp³-hybridized carbons (Fsp3) is 0.294. The Kier molecular flexibility index (Phi) is 4.64. The van der Waals surface area contributed by atoms with Gasteiger partial charge in [-0.3, -0.25) is 4.31 Å². The Hall–Kier alpha value is -1.53. The molecule has 4 nitrogen and oxygen atoms in total. The van der Waals surface area contributed by atoms with Crippen LogP contribution in [0.3, 0.4) is 0 Å². The summed E-state index contributed by atoms with van der Waals surface area (Å²) in [7, 11) is -3.58. The lowest BCUT2D eigenvalue weighted by Crippen LogP contribution is -2.29. The van der Waals surface area contributed by atoms with Gasteiger partial charge < -0.3 is 4.74 Å². The molecule has 2 aromatic carbocycles. The van der Waals surface area contributed by atoms with Crippen LogP contribution >= 0.6 is 15.9 Å². The zero-order valence-corrected chi connectivity index (χ0v) is 15.2. The lowest BCUT2D eigenvalue weighted by molar-refractivity contribution is 0.314. The van der Waals surface area contributed by atoms with Crippen LogP contribution in [0.5, 0.6) is 5.75 Å². The van der Waals surface area contributed by atoms with Crippen molar-refractivity contribution in [2.75, 3.05) is 17.5 Å². The van der Waals surface area contributed by atoms with Gasteiger partial charge in [-0.2, -0.15) is 0 Å². The number of rotatable bonds is 5. The van der Waals surface area contributed by atoms with Gasteiger partial charge in [0, 0.05) is 12.6 Å². The van der Waals surface area contributed by atoms with Crippen LogP contribution in [0.1, 0.15) is 18.9 Å². The summed E-state index contributed by atoms with van der Waals surface area (Å²) < 4.78 is 33.8. The fourth-order valence-electron chi connectivity index (χ4n) is 2.65. The third kappa shape index (κ3) is 3.10. The van der Waals surface area contributed by atoms with Gasteiger partial charge in [0.1, 0.15) is 5.75 Å². The predicted octanol–water partition coefficient (Wildman–Crippen LogP) is 3.99. The molecular weight excluding hydrogens is 378 g/mol. The number of fused-ring (bicyclic) bond motifs is 1. The highest BCUT2D eigenvalue weighted by molar-refractivity contribution is 9.10. The van der Waals surface area contributed by atoms with Gasteiger partial charge in [0.15, 0.2) is 0 Å². The highest BCUT2D eigenvalue weighted by Crippen LogP contribution is 2.35. The second-order valence-corrected chi connectivity index (χ2v) is 8.11. The van der Waals surface area contributed by atoms with Crippen molar-refractivity contribution in [2.24, 2.45) is 0 Å². The maximum absolute atomic E-state index is 13.0. The Labute approximate surface area is 145 Å². The molecule has 0 amide bonds. The summed E-state index contributed by atoms with van der Waals surface area (Å²) in [5, 5.41) is 0. The average Bonchev–Trinajstić information content (AvgIpc) is 2.98. The smallest absolute Gasteiger partial charge is 0.264 e. The molecule has 1 aliphatic heterocycles. The summed E-state index contributed by atoms with van der Waals surface area (Å²) >= 11 is 3.40. The second kappa shape index (κ2) is 6.53. The number of hydrogen-bond acceptors (Lipinski definition) is 3. The largest absolute Gasteiger partial charge is 0.492 e.